The Balaban J connectivity index is 3.01. The van der Waals surface area contributed by atoms with E-state index >= 15 is 0 Å². The van der Waals surface area contributed by atoms with E-state index in [4.69, 9.17) is 5.11 Å². The molecule has 0 fully saturated rings. The first-order valence-corrected chi connectivity index (χ1v) is 9.08. The number of aliphatic hydroxyl groups excluding tert-OH is 1. The molecule has 1 aromatic rings. The minimum Gasteiger partial charge on any atom is -0.395 e. The number of allylic oxidation sites excluding steroid dienone is 3. The highest BCUT2D eigenvalue weighted by Gasteiger charge is 2.35. The highest BCUT2D eigenvalue weighted by atomic mass is 32.1. The minimum atomic E-state index is -4.49. The first-order chi connectivity index (χ1) is 12.1. The Hall–Kier alpha value is -1.80. The number of nitrogens with zero attached hydrogens (tertiary/aromatic N) is 2. The summed E-state index contributed by atoms with van der Waals surface area (Å²) in [5.41, 5.74) is -0.619. The number of unbranched alkanes of at least 4 members (excludes halogenated alkanes) is 1. The number of rotatable bonds is 9. The van der Waals surface area contributed by atoms with Crippen molar-refractivity contribution < 1.29 is 23.1 Å². The van der Waals surface area contributed by atoms with Gasteiger partial charge in [0.2, 0.25) is 0 Å². The van der Waals surface area contributed by atoms with Crippen molar-refractivity contribution in [3.63, 3.8) is 0 Å². The van der Waals surface area contributed by atoms with Crippen molar-refractivity contribution >= 4 is 22.8 Å². The van der Waals surface area contributed by atoms with Crippen LogP contribution in [0, 0.1) is 0 Å². The van der Waals surface area contributed by atoms with E-state index in [-0.39, 0.29) is 24.6 Å². The number of alkyl halides is 3. The Bertz CT molecular complexity index is 651. The van der Waals surface area contributed by atoms with Crippen molar-refractivity contribution in [2.45, 2.75) is 25.9 Å². The molecule has 1 N–H and O–H groups in total. The zero-order valence-corrected chi connectivity index (χ0v) is 16.1. The van der Waals surface area contributed by atoms with Crippen LogP contribution in [0.25, 0.3) is 5.57 Å². The molecule has 0 aromatic carbocycles. The summed E-state index contributed by atoms with van der Waals surface area (Å²) in [7, 11) is 2.63. The van der Waals surface area contributed by atoms with Crippen LogP contribution in [-0.4, -0.2) is 60.8 Å². The number of carbonyl (C=O) groups is 1. The predicted octanol–water partition coefficient (Wildman–Crippen LogP) is 4.00. The number of hydrogen-bond acceptors (Lipinski definition) is 4. The van der Waals surface area contributed by atoms with Crippen LogP contribution in [0.3, 0.4) is 0 Å². The third-order valence-corrected chi connectivity index (χ3v) is 4.80. The van der Waals surface area contributed by atoms with E-state index in [0.717, 1.165) is 35.2 Å². The Morgan fingerprint density at radius 3 is 2.38 bits per heavy atom. The number of hydrogen-bond donors (Lipinski definition) is 1. The van der Waals surface area contributed by atoms with Crippen LogP contribution in [0.4, 0.5) is 13.2 Å². The molecular formula is C18H25F3N2O2S. The zero-order valence-electron chi connectivity index (χ0n) is 15.3. The molecule has 4 nitrogen and oxygen atoms in total. The fraction of sp³-hybridized carbons (Fsp3) is 0.500. The van der Waals surface area contributed by atoms with Gasteiger partial charge in [0.05, 0.1) is 11.5 Å². The fourth-order valence-electron chi connectivity index (χ4n) is 2.27. The third-order valence-electron chi connectivity index (χ3n) is 3.66. The Morgan fingerprint density at radius 1 is 1.27 bits per heavy atom. The van der Waals surface area contributed by atoms with Gasteiger partial charge in [0.15, 0.2) is 0 Å². The van der Waals surface area contributed by atoms with Gasteiger partial charge in [-0.1, -0.05) is 19.9 Å². The predicted molar refractivity (Wildman–Crippen MR) is 99.1 cm³/mol. The van der Waals surface area contributed by atoms with Crippen LogP contribution in [-0.2, 0) is 0 Å². The second kappa shape index (κ2) is 9.78. The molecule has 8 heteroatoms. The highest BCUT2D eigenvalue weighted by molar-refractivity contribution is 7.15. The van der Waals surface area contributed by atoms with Gasteiger partial charge in [-0.15, -0.1) is 11.3 Å². The van der Waals surface area contributed by atoms with E-state index in [1.54, 1.807) is 17.0 Å². The summed E-state index contributed by atoms with van der Waals surface area (Å²) in [5.74, 6) is -0.232. The Kier molecular flexibility index (Phi) is 8.36. The molecule has 146 valence electrons. The van der Waals surface area contributed by atoms with Crippen LogP contribution in [0.1, 0.15) is 34.3 Å². The van der Waals surface area contributed by atoms with Crippen LogP contribution < -0.4 is 0 Å². The lowest BCUT2D eigenvalue weighted by atomic mass is 10.2. The van der Waals surface area contributed by atoms with Crippen molar-refractivity contribution in [2.24, 2.45) is 0 Å². The lowest BCUT2D eigenvalue weighted by Crippen LogP contribution is -2.33. The summed E-state index contributed by atoms with van der Waals surface area (Å²) in [4.78, 5) is 16.0. The molecule has 0 saturated heterocycles. The SMILES string of the molecule is C=C(/C=C(\N(C)C)C(F)(F)F)c1ccc(C(=O)N(CCO)CCCC)s1. The summed E-state index contributed by atoms with van der Waals surface area (Å²) in [6, 6.07) is 3.18. The average molecular weight is 390 g/mol. The standard InChI is InChI=1S/C18H25F3N2O2S/c1-5-6-9-23(10-11-24)17(25)15-8-7-14(26-15)13(2)12-16(22(3)4)18(19,20)21/h7-8,12,24H,2,5-6,9-11H2,1,3-4H3/b16-12-. The first kappa shape index (κ1) is 22.2. The average Bonchev–Trinajstić information content (AvgIpc) is 3.04. The van der Waals surface area contributed by atoms with Crippen molar-refractivity contribution in [2.75, 3.05) is 33.8 Å². The van der Waals surface area contributed by atoms with E-state index in [2.05, 4.69) is 6.58 Å². The molecule has 0 unspecified atom stereocenters. The molecule has 0 aliphatic carbocycles. The largest absolute Gasteiger partial charge is 0.431 e. The number of thiophene rings is 1. The van der Waals surface area contributed by atoms with Crippen LogP contribution in [0.15, 0.2) is 30.5 Å². The second-order valence-electron chi connectivity index (χ2n) is 5.98. The molecule has 0 aliphatic heterocycles. The third kappa shape index (κ3) is 6.17. The summed E-state index contributed by atoms with van der Waals surface area (Å²) < 4.78 is 39.2. The fourth-order valence-corrected chi connectivity index (χ4v) is 3.18. The second-order valence-corrected chi connectivity index (χ2v) is 7.06. The minimum absolute atomic E-state index is 0.138. The summed E-state index contributed by atoms with van der Waals surface area (Å²) in [6.45, 7) is 6.33. The van der Waals surface area contributed by atoms with Gasteiger partial charge in [0.1, 0.15) is 5.70 Å². The van der Waals surface area contributed by atoms with E-state index in [1.165, 1.54) is 14.1 Å². The quantitative estimate of drug-likeness (QED) is 0.648. The summed E-state index contributed by atoms with van der Waals surface area (Å²) in [5, 5.41) is 9.13. The van der Waals surface area contributed by atoms with E-state index in [9.17, 15) is 18.0 Å². The number of carbonyl (C=O) groups excluding carboxylic acids is 1. The molecule has 1 rings (SSSR count). The van der Waals surface area contributed by atoms with Crippen LogP contribution in [0.2, 0.25) is 0 Å². The monoisotopic (exact) mass is 390 g/mol. The number of amides is 1. The van der Waals surface area contributed by atoms with Crippen LogP contribution >= 0.6 is 11.3 Å². The molecule has 1 aromatic heterocycles. The molecule has 0 saturated carbocycles. The lowest BCUT2D eigenvalue weighted by molar-refractivity contribution is -0.107. The molecule has 0 bridgehead atoms. The van der Waals surface area contributed by atoms with Crippen molar-refractivity contribution in [1.29, 1.82) is 0 Å². The first-order valence-electron chi connectivity index (χ1n) is 8.27. The smallest absolute Gasteiger partial charge is 0.395 e. The Morgan fingerprint density at radius 2 is 1.88 bits per heavy atom. The van der Waals surface area contributed by atoms with Crippen molar-refractivity contribution in [1.82, 2.24) is 9.80 Å². The van der Waals surface area contributed by atoms with Gasteiger partial charge in [-0.25, -0.2) is 0 Å². The van der Waals surface area contributed by atoms with Crippen molar-refractivity contribution in [3.05, 3.63) is 40.2 Å². The normalized spacial score (nSPS) is 12.2. The maximum Gasteiger partial charge on any atom is 0.431 e. The lowest BCUT2D eigenvalue weighted by Gasteiger charge is -2.20. The van der Waals surface area contributed by atoms with Crippen molar-refractivity contribution in [3.8, 4) is 0 Å². The van der Waals surface area contributed by atoms with E-state index in [1.807, 2.05) is 6.92 Å². The van der Waals surface area contributed by atoms with Gasteiger partial charge in [-0.3, -0.25) is 4.79 Å². The van der Waals surface area contributed by atoms with Gasteiger partial charge in [-0.2, -0.15) is 13.2 Å². The molecule has 0 aliphatic rings. The Labute approximate surface area is 156 Å². The maximum atomic E-state index is 13.1. The maximum absolute atomic E-state index is 13.1. The summed E-state index contributed by atoms with van der Waals surface area (Å²) in [6.07, 6.45) is -1.78. The number of aliphatic hydroxyl groups is 1. The molecule has 0 atom stereocenters. The molecule has 1 heterocycles. The van der Waals surface area contributed by atoms with E-state index < -0.39 is 11.9 Å². The van der Waals surface area contributed by atoms with Gasteiger partial charge >= 0.3 is 6.18 Å². The van der Waals surface area contributed by atoms with Gasteiger partial charge < -0.3 is 14.9 Å². The molecule has 26 heavy (non-hydrogen) atoms. The molecule has 1 amide bonds. The topological polar surface area (TPSA) is 43.8 Å². The van der Waals surface area contributed by atoms with Gasteiger partial charge in [-0.05, 0) is 30.2 Å². The van der Waals surface area contributed by atoms with Crippen LogP contribution in [0.5, 0.6) is 0 Å². The molecule has 0 spiro atoms. The van der Waals surface area contributed by atoms with Gasteiger partial charge in [0, 0.05) is 32.1 Å². The molecular weight excluding hydrogens is 365 g/mol. The molecule has 0 radical (unpaired) electrons. The summed E-state index contributed by atoms with van der Waals surface area (Å²) >= 11 is 1.10. The number of halogens is 3. The van der Waals surface area contributed by atoms with E-state index in [0.29, 0.717) is 16.3 Å². The van der Waals surface area contributed by atoms with Gasteiger partial charge in [0.25, 0.3) is 5.91 Å². The zero-order chi connectivity index (χ0) is 19.9. The highest BCUT2D eigenvalue weighted by Crippen LogP contribution is 2.32.